The molecule has 3 aromatic heterocycles. The number of hydrogen-bond acceptors (Lipinski definition) is 8. The highest BCUT2D eigenvalue weighted by Gasteiger charge is 2.31. The van der Waals surface area contributed by atoms with Gasteiger partial charge in [0.15, 0.2) is 0 Å². The van der Waals surface area contributed by atoms with Crippen LogP contribution < -0.4 is 16.2 Å². The number of tetrazole rings is 1. The molecule has 0 saturated heterocycles. The fraction of sp³-hybridized carbons (Fsp3) is 0.148. The van der Waals surface area contributed by atoms with Gasteiger partial charge in [-0.3, -0.25) is 19.0 Å². The standard InChI is InChI=1S/C27H21ClN8O3S/c28-18-6-7-20(35-15-31-33-34-35)17(12-18)13-30-25(37)21-8-11-24-29-14-19(27(39)36(21)24)32-26(38)23-10-9-22(40-23)16-4-2-1-3-5-16/h1-7,9-10,12,14-15,21H,8,11,13H2,(H,30,37)(H,32,38)/t21-/m0/s1. The molecule has 11 nitrogen and oxygen atoms in total. The first-order valence-electron chi connectivity index (χ1n) is 12.3. The van der Waals surface area contributed by atoms with Gasteiger partial charge in [0, 0.05) is 22.9 Å². The second-order valence-electron chi connectivity index (χ2n) is 9.05. The summed E-state index contributed by atoms with van der Waals surface area (Å²) in [6.07, 6.45) is 3.66. The lowest BCUT2D eigenvalue weighted by Gasteiger charge is -2.16. The molecule has 0 radical (unpaired) electrons. The van der Waals surface area contributed by atoms with Gasteiger partial charge in [-0.2, -0.15) is 0 Å². The van der Waals surface area contributed by atoms with Crippen molar-refractivity contribution in [2.45, 2.75) is 25.4 Å². The van der Waals surface area contributed by atoms with Gasteiger partial charge in [0.1, 0.15) is 23.9 Å². The van der Waals surface area contributed by atoms with E-state index in [9.17, 15) is 14.4 Å². The van der Waals surface area contributed by atoms with Crippen molar-refractivity contribution in [2.24, 2.45) is 0 Å². The van der Waals surface area contributed by atoms with E-state index in [1.807, 2.05) is 36.4 Å². The van der Waals surface area contributed by atoms with Gasteiger partial charge in [-0.25, -0.2) is 9.67 Å². The monoisotopic (exact) mass is 572 g/mol. The topological polar surface area (TPSA) is 137 Å². The van der Waals surface area contributed by atoms with Crippen LogP contribution in [0.2, 0.25) is 5.02 Å². The second kappa shape index (κ2) is 10.8. The van der Waals surface area contributed by atoms with Crippen molar-refractivity contribution >= 4 is 40.4 Å². The number of benzene rings is 2. The number of aryl methyl sites for hydroxylation is 1. The molecule has 4 heterocycles. The summed E-state index contributed by atoms with van der Waals surface area (Å²) in [7, 11) is 0. The number of rotatable bonds is 7. The maximum Gasteiger partial charge on any atom is 0.278 e. The lowest BCUT2D eigenvalue weighted by Crippen LogP contribution is -2.36. The largest absolute Gasteiger partial charge is 0.350 e. The van der Waals surface area contributed by atoms with E-state index in [-0.39, 0.29) is 18.1 Å². The van der Waals surface area contributed by atoms with Crippen molar-refractivity contribution < 1.29 is 9.59 Å². The highest BCUT2D eigenvalue weighted by atomic mass is 35.5. The number of hydrogen-bond donors (Lipinski definition) is 2. The maximum absolute atomic E-state index is 13.4. The SMILES string of the molecule is O=C(Nc1cnc2n(c1=O)[C@H](C(=O)NCc1cc(Cl)ccc1-n1cnnn1)CC2)c1ccc(-c2ccccc2)s1. The van der Waals surface area contributed by atoms with Crippen molar-refractivity contribution in [1.29, 1.82) is 0 Å². The van der Waals surface area contributed by atoms with Crippen LogP contribution in [-0.2, 0) is 17.8 Å². The van der Waals surface area contributed by atoms with E-state index in [2.05, 4.69) is 31.1 Å². The third kappa shape index (κ3) is 5.01. The van der Waals surface area contributed by atoms with Gasteiger partial charge in [0.05, 0.1) is 16.8 Å². The average molecular weight is 573 g/mol. The second-order valence-corrected chi connectivity index (χ2v) is 10.6. The van der Waals surface area contributed by atoms with E-state index in [1.54, 1.807) is 24.3 Å². The molecule has 13 heteroatoms. The van der Waals surface area contributed by atoms with Gasteiger partial charge < -0.3 is 10.6 Å². The Kier molecular flexibility index (Phi) is 6.93. The predicted octanol–water partition coefficient (Wildman–Crippen LogP) is 3.66. The first-order chi connectivity index (χ1) is 19.5. The van der Waals surface area contributed by atoms with E-state index in [0.717, 1.165) is 10.4 Å². The first kappa shape index (κ1) is 25.6. The van der Waals surface area contributed by atoms with E-state index in [0.29, 0.717) is 39.8 Å². The van der Waals surface area contributed by atoms with E-state index in [1.165, 1.54) is 33.1 Å². The first-order valence-corrected chi connectivity index (χ1v) is 13.5. The van der Waals surface area contributed by atoms with Gasteiger partial charge in [-0.1, -0.05) is 41.9 Å². The van der Waals surface area contributed by atoms with E-state index >= 15 is 0 Å². The van der Waals surface area contributed by atoms with Crippen LogP contribution in [0, 0.1) is 0 Å². The molecule has 40 heavy (non-hydrogen) atoms. The Morgan fingerprint density at radius 3 is 2.75 bits per heavy atom. The molecule has 0 spiro atoms. The number of nitrogens with zero attached hydrogens (tertiary/aromatic N) is 6. The summed E-state index contributed by atoms with van der Waals surface area (Å²) in [6, 6.07) is 17.7. The van der Waals surface area contributed by atoms with Crippen molar-refractivity contribution in [2.75, 3.05) is 5.32 Å². The molecule has 0 unspecified atom stereocenters. The molecule has 0 bridgehead atoms. The molecule has 2 amide bonds. The van der Waals surface area contributed by atoms with Crippen LogP contribution >= 0.6 is 22.9 Å². The highest BCUT2D eigenvalue weighted by Crippen LogP contribution is 2.29. The zero-order valence-corrected chi connectivity index (χ0v) is 22.4. The minimum Gasteiger partial charge on any atom is -0.350 e. The molecule has 200 valence electrons. The number of fused-ring (bicyclic) bond motifs is 1. The van der Waals surface area contributed by atoms with Crippen LogP contribution in [-0.4, -0.2) is 41.6 Å². The van der Waals surface area contributed by atoms with Crippen LogP contribution in [0.15, 0.2) is 78.0 Å². The Morgan fingerprint density at radius 1 is 1.10 bits per heavy atom. The van der Waals surface area contributed by atoms with Gasteiger partial charge in [-0.15, -0.1) is 16.4 Å². The van der Waals surface area contributed by atoms with Gasteiger partial charge in [-0.05, 0) is 58.3 Å². The van der Waals surface area contributed by atoms with Crippen molar-refractivity contribution in [1.82, 2.24) is 35.1 Å². The predicted molar refractivity (Wildman–Crippen MR) is 150 cm³/mol. The number of aromatic nitrogens is 6. The Hall–Kier alpha value is -4.68. The Balaban J connectivity index is 1.18. The van der Waals surface area contributed by atoms with Gasteiger partial charge in [0.2, 0.25) is 5.91 Å². The van der Waals surface area contributed by atoms with Crippen molar-refractivity contribution in [3.8, 4) is 16.1 Å². The minimum atomic E-state index is -0.769. The number of amides is 2. The Labute approximate surface area is 236 Å². The number of carbonyl (C=O) groups is 2. The van der Waals surface area contributed by atoms with Crippen LogP contribution in [0.5, 0.6) is 0 Å². The van der Waals surface area contributed by atoms with Gasteiger partial charge in [0.25, 0.3) is 11.5 Å². The molecule has 1 atom stereocenters. The normalized spacial score (nSPS) is 14.1. The smallest absolute Gasteiger partial charge is 0.278 e. The fourth-order valence-corrected chi connectivity index (χ4v) is 5.73. The number of nitrogens with one attached hydrogen (secondary N) is 2. The van der Waals surface area contributed by atoms with Crippen molar-refractivity contribution in [3.05, 3.63) is 105 Å². The van der Waals surface area contributed by atoms with Crippen LogP contribution in [0.1, 0.15) is 33.5 Å². The average Bonchev–Trinajstić information content (AvgIpc) is 3.75. The zero-order chi connectivity index (χ0) is 27.6. The summed E-state index contributed by atoms with van der Waals surface area (Å²) in [5, 5.41) is 17.3. The minimum absolute atomic E-state index is 0.0129. The molecule has 1 aliphatic rings. The van der Waals surface area contributed by atoms with Crippen molar-refractivity contribution in [3.63, 3.8) is 0 Å². The summed E-state index contributed by atoms with van der Waals surface area (Å²) >= 11 is 7.51. The lowest BCUT2D eigenvalue weighted by molar-refractivity contribution is -0.124. The maximum atomic E-state index is 13.4. The number of halogens is 1. The molecule has 6 rings (SSSR count). The third-order valence-electron chi connectivity index (χ3n) is 6.55. The molecular weight excluding hydrogens is 552 g/mol. The summed E-state index contributed by atoms with van der Waals surface area (Å²) in [5.74, 6) is -0.274. The highest BCUT2D eigenvalue weighted by molar-refractivity contribution is 7.17. The molecule has 5 aromatic rings. The molecule has 2 N–H and O–H groups in total. The van der Waals surface area contributed by atoms with E-state index in [4.69, 9.17) is 11.6 Å². The molecule has 2 aromatic carbocycles. The van der Waals surface area contributed by atoms with Crippen LogP contribution in [0.3, 0.4) is 0 Å². The molecule has 0 saturated carbocycles. The molecular formula is C27H21ClN8O3S. The summed E-state index contributed by atoms with van der Waals surface area (Å²) in [6.45, 7) is 0.140. The quantitative estimate of drug-likeness (QED) is 0.304. The van der Waals surface area contributed by atoms with Gasteiger partial charge >= 0.3 is 0 Å². The zero-order valence-electron chi connectivity index (χ0n) is 20.8. The summed E-state index contributed by atoms with van der Waals surface area (Å²) in [5.41, 5.74) is 1.90. The Bertz CT molecular complexity index is 1770. The number of carbonyl (C=O) groups excluding carboxylic acids is 2. The third-order valence-corrected chi connectivity index (χ3v) is 7.92. The van der Waals surface area contributed by atoms with E-state index < -0.39 is 17.5 Å². The number of anilines is 1. The summed E-state index contributed by atoms with van der Waals surface area (Å²) in [4.78, 5) is 45.3. The molecule has 1 aliphatic heterocycles. The number of thiophene rings is 1. The lowest BCUT2D eigenvalue weighted by atomic mass is 10.1. The fourth-order valence-electron chi connectivity index (χ4n) is 4.63. The summed E-state index contributed by atoms with van der Waals surface area (Å²) < 4.78 is 2.83. The molecule has 0 fully saturated rings. The molecule has 0 aliphatic carbocycles. The van der Waals surface area contributed by atoms with Crippen LogP contribution in [0.4, 0.5) is 5.69 Å². The van der Waals surface area contributed by atoms with Crippen LogP contribution in [0.25, 0.3) is 16.1 Å². The Morgan fingerprint density at radius 2 is 1.95 bits per heavy atom.